The van der Waals surface area contributed by atoms with Crippen LogP contribution in [0.4, 0.5) is 0 Å². The molecule has 3 rings (SSSR count). The minimum atomic E-state index is -3.72. The van der Waals surface area contributed by atoms with E-state index in [-0.39, 0.29) is 22.3 Å². The number of aromatic hydroxyl groups is 1. The van der Waals surface area contributed by atoms with Crippen molar-refractivity contribution in [2.45, 2.75) is 18.0 Å². The molecule has 0 atom stereocenters. The highest BCUT2D eigenvalue weighted by Gasteiger charge is 2.32. The zero-order chi connectivity index (χ0) is 15.2. The van der Waals surface area contributed by atoms with Crippen LogP contribution in [0.1, 0.15) is 11.1 Å². The third-order valence-corrected chi connectivity index (χ3v) is 5.95. The lowest BCUT2D eigenvalue weighted by atomic mass is 10.0. The normalized spacial score (nSPS) is 15.9. The van der Waals surface area contributed by atoms with Gasteiger partial charge in [-0.2, -0.15) is 9.40 Å². The molecule has 1 aromatic carbocycles. The molecule has 112 valence electrons. The molecular formula is C13H14ClN3O3S. The summed E-state index contributed by atoms with van der Waals surface area (Å²) in [6.07, 6.45) is 1.92. The Kier molecular flexibility index (Phi) is 3.43. The number of hydrogen-bond donors (Lipinski definition) is 1. The molecule has 2 aromatic rings. The Bertz CT molecular complexity index is 781. The van der Waals surface area contributed by atoms with Crippen molar-refractivity contribution < 1.29 is 13.5 Å². The van der Waals surface area contributed by atoms with Gasteiger partial charge in [0.05, 0.1) is 11.2 Å². The number of hydrogen-bond acceptors (Lipinski definition) is 4. The summed E-state index contributed by atoms with van der Waals surface area (Å²) in [6, 6.07) is 5.04. The van der Waals surface area contributed by atoms with E-state index in [4.69, 9.17) is 11.6 Å². The van der Waals surface area contributed by atoms with E-state index < -0.39 is 10.0 Å². The van der Waals surface area contributed by atoms with Crippen LogP contribution < -0.4 is 0 Å². The molecule has 0 fully saturated rings. The maximum absolute atomic E-state index is 12.7. The number of nitrogens with zero attached hydrogens (tertiary/aromatic N) is 3. The van der Waals surface area contributed by atoms with Crippen LogP contribution in [0.3, 0.4) is 0 Å². The van der Waals surface area contributed by atoms with Gasteiger partial charge in [-0.15, -0.1) is 0 Å². The number of halogens is 1. The van der Waals surface area contributed by atoms with Gasteiger partial charge in [0, 0.05) is 20.1 Å². The van der Waals surface area contributed by atoms with Crippen LogP contribution in [-0.2, 0) is 30.0 Å². The van der Waals surface area contributed by atoms with Crippen molar-refractivity contribution in [1.82, 2.24) is 14.1 Å². The van der Waals surface area contributed by atoms with Gasteiger partial charge in [-0.25, -0.2) is 8.42 Å². The molecule has 1 aliphatic rings. The average molecular weight is 328 g/mol. The number of aromatic nitrogens is 2. The summed E-state index contributed by atoms with van der Waals surface area (Å²) in [5, 5.41) is 13.5. The number of benzene rings is 1. The topological polar surface area (TPSA) is 75.4 Å². The fourth-order valence-electron chi connectivity index (χ4n) is 2.53. The van der Waals surface area contributed by atoms with Gasteiger partial charge in [0.1, 0.15) is 5.75 Å². The molecule has 2 heterocycles. The van der Waals surface area contributed by atoms with Crippen molar-refractivity contribution >= 4 is 21.6 Å². The van der Waals surface area contributed by atoms with E-state index in [1.807, 2.05) is 6.07 Å². The van der Waals surface area contributed by atoms with E-state index >= 15 is 0 Å². The van der Waals surface area contributed by atoms with Crippen LogP contribution in [0.25, 0.3) is 0 Å². The first-order valence-electron chi connectivity index (χ1n) is 6.38. The van der Waals surface area contributed by atoms with Gasteiger partial charge < -0.3 is 5.11 Å². The summed E-state index contributed by atoms with van der Waals surface area (Å²) < 4.78 is 28.0. The quantitative estimate of drug-likeness (QED) is 0.907. The molecule has 0 saturated carbocycles. The SMILES string of the molecule is Cn1ncc(Cl)c1S(=O)(=O)N1CCc2ccc(O)cc2C1. The van der Waals surface area contributed by atoms with Gasteiger partial charge >= 0.3 is 0 Å². The first-order chi connectivity index (χ1) is 9.89. The van der Waals surface area contributed by atoms with Crippen molar-refractivity contribution in [2.75, 3.05) is 6.54 Å². The maximum atomic E-state index is 12.7. The fourth-order valence-corrected chi connectivity index (χ4v) is 4.56. The van der Waals surface area contributed by atoms with E-state index in [0.29, 0.717) is 13.0 Å². The van der Waals surface area contributed by atoms with E-state index in [2.05, 4.69) is 5.10 Å². The second kappa shape index (κ2) is 5.01. The summed E-state index contributed by atoms with van der Waals surface area (Å²) in [6.45, 7) is 0.592. The van der Waals surface area contributed by atoms with Crippen LogP contribution in [-0.4, -0.2) is 34.2 Å². The number of aryl methyl sites for hydroxylation is 1. The Hall–Kier alpha value is -1.57. The Morgan fingerprint density at radius 2 is 2.10 bits per heavy atom. The van der Waals surface area contributed by atoms with Gasteiger partial charge in [0.2, 0.25) is 0 Å². The lowest BCUT2D eigenvalue weighted by Gasteiger charge is -2.28. The molecular weight excluding hydrogens is 314 g/mol. The Morgan fingerprint density at radius 1 is 1.33 bits per heavy atom. The third-order valence-electron chi connectivity index (χ3n) is 3.59. The molecule has 0 spiro atoms. The summed E-state index contributed by atoms with van der Waals surface area (Å²) in [5.74, 6) is 0.131. The predicted octanol–water partition coefficient (Wildman–Crippen LogP) is 1.53. The van der Waals surface area contributed by atoms with Gasteiger partial charge in [0.25, 0.3) is 10.0 Å². The predicted molar refractivity (Wildman–Crippen MR) is 77.6 cm³/mol. The van der Waals surface area contributed by atoms with Gasteiger partial charge in [-0.05, 0) is 29.7 Å². The van der Waals surface area contributed by atoms with E-state index in [1.54, 1.807) is 19.2 Å². The zero-order valence-electron chi connectivity index (χ0n) is 11.3. The number of phenols is 1. The molecule has 0 radical (unpaired) electrons. The van der Waals surface area contributed by atoms with Gasteiger partial charge in [-0.1, -0.05) is 17.7 Å². The Balaban J connectivity index is 1.99. The Labute approximate surface area is 127 Å². The third kappa shape index (κ3) is 2.41. The van der Waals surface area contributed by atoms with Gasteiger partial charge in [0.15, 0.2) is 5.03 Å². The van der Waals surface area contributed by atoms with Crippen molar-refractivity contribution in [3.05, 3.63) is 40.5 Å². The molecule has 0 saturated heterocycles. The van der Waals surface area contributed by atoms with Crippen LogP contribution in [0.5, 0.6) is 5.75 Å². The molecule has 8 heteroatoms. The van der Waals surface area contributed by atoms with Crippen LogP contribution in [0, 0.1) is 0 Å². The van der Waals surface area contributed by atoms with Crippen LogP contribution in [0.15, 0.2) is 29.4 Å². The summed E-state index contributed by atoms with van der Waals surface area (Å²) >= 11 is 5.95. The van der Waals surface area contributed by atoms with Crippen molar-refractivity contribution in [3.8, 4) is 5.75 Å². The maximum Gasteiger partial charge on any atom is 0.262 e. The smallest absolute Gasteiger partial charge is 0.262 e. The monoisotopic (exact) mass is 327 g/mol. The largest absolute Gasteiger partial charge is 0.508 e. The first kappa shape index (κ1) is 14.4. The van der Waals surface area contributed by atoms with Gasteiger partial charge in [-0.3, -0.25) is 4.68 Å². The van der Waals surface area contributed by atoms with Crippen molar-refractivity contribution in [1.29, 1.82) is 0 Å². The second-order valence-corrected chi connectivity index (χ2v) is 7.22. The van der Waals surface area contributed by atoms with E-state index in [1.165, 1.54) is 15.2 Å². The highest BCUT2D eigenvalue weighted by molar-refractivity contribution is 7.89. The Morgan fingerprint density at radius 3 is 2.76 bits per heavy atom. The number of fused-ring (bicyclic) bond motifs is 1. The highest BCUT2D eigenvalue weighted by atomic mass is 35.5. The lowest BCUT2D eigenvalue weighted by molar-refractivity contribution is 0.384. The van der Waals surface area contributed by atoms with E-state index in [9.17, 15) is 13.5 Å². The minimum Gasteiger partial charge on any atom is -0.508 e. The lowest BCUT2D eigenvalue weighted by Crippen LogP contribution is -2.37. The average Bonchev–Trinajstić information content (AvgIpc) is 2.77. The number of rotatable bonds is 2. The molecule has 1 aliphatic heterocycles. The molecule has 1 N–H and O–H groups in total. The minimum absolute atomic E-state index is 0.00669. The summed E-state index contributed by atoms with van der Waals surface area (Å²) in [5.41, 5.74) is 1.86. The van der Waals surface area contributed by atoms with Crippen LogP contribution in [0.2, 0.25) is 5.02 Å². The van der Waals surface area contributed by atoms with Crippen LogP contribution >= 0.6 is 11.6 Å². The molecule has 0 aliphatic carbocycles. The molecule has 0 unspecified atom stereocenters. The standard InChI is InChI=1S/C13H14ClN3O3S/c1-16-13(12(14)7-15-16)21(19,20)17-5-4-9-2-3-11(18)6-10(9)8-17/h2-3,6-7,18H,4-5,8H2,1H3. The fraction of sp³-hybridized carbons (Fsp3) is 0.308. The molecule has 0 amide bonds. The zero-order valence-corrected chi connectivity index (χ0v) is 12.9. The first-order valence-corrected chi connectivity index (χ1v) is 8.20. The van der Waals surface area contributed by atoms with E-state index in [0.717, 1.165) is 11.1 Å². The summed E-state index contributed by atoms with van der Waals surface area (Å²) in [7, 11) is -2.17. The van der Waals surface area contributed by atoms with Crippen molar-refractivity contribution in [3.63, 3.8) is 0 Å². The second-order valence-electron chi connectivity index (χ2n) is 4.96. The molecule has 6 nitrogen and oxygen atoms in total. The highest BCUT2D eigenvalue weighted by Crippen LogP contribution is 2.29. The number of phenolic OH excluding ortho intramolecular Hbond substituents is 1. The molecule has 21 heavy (non-hydrogen) atoms. The van der Waals surface area contributed by atoms with Crippen molar-refractivity contribution in [2.24, 2.45) is 7.05 Å². The summed E-state index contributed by atoms with van der Waals surface area (Å²) in [4.78, 5) is 0. The molecule has 1 aromatic heterocycles. The number of sulfonamides is 1. The molecule has 0 bridgehead atoms.